The summed E-state index contributed by atoms with van der Waals surface area (Å²) < 4.78 is 2.00. The van der Waals surface area contributed by atoms with Crippen molar-refractivity contribution in [3.05, 3.63) is 35.5 Å². The summed E-state index contributed by atoms with van der Waals surface area (Å²) in [6, 6.07) is 8.02. The van der Waals surface area contributed by atoms with E-state index in [1.165, 1.54) is 5.56 Å². The highest BCUT2D eigenvalue weighted by Gasteiger charge is 2.08. The summed E-state index contributed by atoms with van der Waals surface area (Å²) in [7, 11) is 1.96. The number of aryl methyl sites for hydroxylation is 1. The van der Waals surface area contributed by atoms with Gasteiger partial charge in [-0.2, -0.15) is 5.26 Å². The maximum Gasteiger partial charge on any atom is 0.101 e. The molecule has 0 bridgehead atoms. The van der Waals surface area contributed by atoms with Crippen molar-refractivity contribution >= 4 is 10.9 Å². The second-order valence-corrected chi connectivity index (χ2v) is 3.62. The topological polar surface area (TPSA) is 54.7 Å². The summed E-state index contributed by atoms with van der Waals surface area (Å²) in [5.41, 5.74) is 8.50. The minimum absolute atomic E-state index is 0.635. The molecule has 1 aromatic carbocycles. The molecule has 0 aliphatic rings. The molecule has 1 aromatic heterocycles. The van der Waals surface area contributed by atoms with Gasteiger partial charge in [0.1, 0.15) is 6.07 Å². The Morgan fingerprint density at radius 2 is 2.27 bits per heavy atom. The van der Waals surface area contributed by atoms with Crippen LogP contribution in [0.1, 0.15) is 11.1 Å². The van der Waals surface area contributed by atoms with Crippen LogP contribution in [0.25, 0.3) is 10.9 Å². The van der Waals surface area contributed by atoms with Crippen molar-refractivity contribution in [2.75, 3.05) is 6.54 Å². The molecule has 3 heteroatoms. The summed E-state index contributed by atoms with van der Waals surface area (Å²) in [5, 5.41) is 10.2. The molecule has 2 rings (SSSR count). The molecule has 0 atom stereocenters. The van der Waals surface area contributed by atoms with E-state index in [1.807, 2.05) is 29.8 Å². The molecular weight excluding hydrogens is 186 g/mol. The summed E-state index contributed by atoms with van der Waals surface area (Å²) in [6.07, 6.45) is 2.91. The molecule has 0 saturated carbocycles. The lowest BCUT2D eigenvalue weighted by Gasteiger charge is -1.98. The van der Waals surface area contributed by atoms with Crippen LogP contribution >= 0.6 is 0 Å². The van der Waals surface area contributed by atoms with Gasteiger partial charge in [0.2, 0.25) is 0 Å². The predicted molar refractivity (Wildman–Crippen MR) is 60.4 cm³/mol. The van der Waals surface area contributed by atoms with Gasteiger partial charge in [0, 0.05) is 18.6 Å². The Labute approximate surface area is 88.7 Å². The van der Waals surface area contributed by atoms with E-state index in [0.717, 1.165) is 22.9 Å². The maximum atomic E-state index is 9.01. The molecule has 2 N–H and O–H groups in total. The number of aromatic nitrogens is 1. The van der Waals surface area contributed by atoms with Gasteiger partial charge in [-0.05, 0) is 24.6 Å². The van der Waals surface area contributed by atoms with Crippen LogP contribution in [0.5, 0.6) is 0 Å². The van der Waals surface area contributed by atoms with Crippen LogP contribution in [0, 0.1) is 11.3 Å². The summed E-state index contributed by atoms with van der Waals surface area (Å²) >= 11 is 0. The molecule has 0 aliphatic heterocycles. The third-order valence-electron chi connectivity index (χ3n) is 2.62. The zero-order valence-corrected chi connectivity index (χ0v) is 8.70. The first-order valence-corrected chi connectivity index (χ1v) is 4.95. The van der Waals surface area contributed by atoms with Gasteiger partial charge in [-0.25, -0.2) is 0 Å². The van der Waals surface area contributed by atoms with Crippen molar-refractivity contribution in [3.63, 3.8) is 0 Å². The Kier molecular flexibility index (Phi) is 2.44. The second kappa shape index (κ2) is 3.76. The average Bonchev–Trinajstić information content (AvgIpc) is 2.57. The third-order valence-corrected chi connectivity index (χ3v) is 2.62. The predicted octanol–water partition coefficient (Wildman–Crippen LogP) is 1.55. The van der Waals surface area contributed by atoms with Crippen LogP contribution in [0.2, 0.25) is 0 Å². The number of hydrogen-bond acceptors (Lipinski definition) is 2. The van der Waals surface area contributed by atoms with Gasteiger partial charge >= 0.3 is 0 Å². The van der Waals surface area contributed by atoms with Crippen LogP contribution in [0.15, 0.2) is 24.4 Å². The maximum absolute atomic E-state index is 9.01. The SMILES string of the molecule is Cn1cc(CCN)c2cccc(C#N)c21. The number of rotatable bonds is 2. The summed E-state index contributed by atoms with van der Waals surface area (Å²) in [5.74, 6) is 0. The number of nitriles is 1. The zero-order valence-electron chi connectivity index (χ0n) is 8.70. The minimum Gasteiger partial charge on any atom is -0.349 e. The minimum atomic E-state index is 0.635. The van der Waals surface area contributed by atoms with Gasteiger partial charge < -0.3 is 10.3 Å². The quantitative estimate of drug-likeness (QED) is 0.797. The van der Waals surface area contributed by atoms with Gasteiger partial charge in [-0.15, -0.1) is 0 Å². The van der Waals surface area contributed by atoms with E-state index >= 15 is 0 Å². The molecule has 0 unspecified atom stereocenters. The first-order chi connectivity index (χ1) is 7.27. The largest absolute Gasteiger partial charge is 0.349 e. The lowest BCUT2D eigenvalue weighted by atomic mass is 10.1. The number of nitrogens with zero attached hydrogens (tertiary/aromatic N) is 2. The van der Waals surface area contributed by atoms with Crippen LogP contribution < -0.4 is 5.73 Å². The highest BCUT2D eigenvalue weighted by molar-refractivity contribution is 5.88. The molecule has 76 valence electrons. The standard InChI is InChI=1S/C12H13N3/c1-15-8-10(5-6-13)11-4-2-3-9(7-14)12(11)15/h2-4,8H,5-6,13H2,1H3. The molecule has 0 fully saturated rings. The lowest BCUT2D eigenvalue weighted by molar-refractivity contribution is 0.928. The molecule has 0 saturated heterocycles. The smallest absolute Gasteiger partial charge is 0.101 e. The molecule has 1 heterocycles. The highest BCUT2D eigenvalue weighted by Crippen LogP contribution is 2.23. The van der Waals surface area contributed by atoms with Crippen molar-refractivity contribution in [2.45, 2.75) is 6.42 Å². The van der Waals surface area contributed by atoms with Gasteiger partial charge in [0.15, 0.2) is 0 Å². The molecule has 15 heavy (non-hydrogen) atoms. The fourth-order valence-electron chi connectivity index (χ4n) is 2.00. The highest BCUT2D eigenvalue weighted by atomic mass is 14.9. The van der Waals surface area contributed by atoms with Crippen molar-refractivity contribution < 1.29 is 0 Å². The van der Waals surface area contributed by atoms with Crippen molar-refractivity contribution in [1.82, 2.24) is 4.57 Å². The Balaban J connectivity index is 2.75. The molecule has 0 amide bonds. The van der Waals surface area contributed by atoms with Gasteiger partial charge in [0.25, 0.3) is 0 Å². The van der Waals surface area contributed by atoms with Gasteiger partial charge in [-0.1, -0.05) is 12.1 Å². The van der Waals surface area contributed by atoms with E-state index in [4.69, 9.17) is 11.0 Å². The van der Waals surface area contributed by atoms with Gasteiger partial charge in [0.05, 0.1) is 11.1 Å². The molecule has 0 radical (unpaired) electrons. The lowest BCUT2D eigenvalue weighted by Crippen LogP contribution is -2.01. The van der Waals surface area contributed by atoms with Crippen LogP contribution in [0.4, 0.5) is 0 Å². The van der Waals surface area contributed by atoms with E-state index in [1.54, 1.807) is 0 Å². The van der Waals surface area contributed by atoms with E-state index in [0.29, 0.717) is 6.54 Å². The third kappa shape index (κ3) is 1.49. The first-order valence-electron chi connectivity index (χ1n) is 4.95. The molecule has 2 aromatic rings. The number of benzene rings is 1. The normalized spacial score (nSPS) is 10.5. The second-order valence-electron chi connectivity index (χ2n) is 3.62. The summed E-state index contributed by atoms with van der Waals surface area (Å²) in [4.78, 5) is 0. The van der Waals surface area contributed by atoms with Crippen LogP contribution in [-0.2, 0) is 13.5 Å². The Morgan fingerprint density at radius 3 is 2.93 bits per heavy atom. The summed E-state index contributed by atoms with van der Waals surface area (Å²) in [6.45, 7) is 0.635. The van der Waals surface area contributed by atoms with E-state index in [-0.39, 0.29) is 0 Å². The number of para-hydroxylation sites is 1. The van der Waals surface area contributed by atoms with Crippen molar-refractivity contribution in [2.24, 2.45) is 12.8 Å². The van der Waals surface area contributed by atoms with E-state index < -0.39 is 0 Å². The Morgan fingerprint density at radius 1 is 1.47 bits per heavy atom. The Bertz CT molecular complexity index is 532. The molecular formula is C12H13N3. The van der Waals surface area contributed by atoms with Crippen LogP contribution in [-0.4, -0.2) is 11.1 Å². The zero-order chi connectivity index (χ0) is 10.8. The monoisotopic (exact) mass is 199 g/mol. The van der Waals surface area contributed by atoms with Crippen molar-refractivity contribution in [3.8, 4) is 6.07 Å². The number of nitrogens with two attached hydrogens (primary N) is 1. The fourth-order valence-corrected chi connectivity index (χ4v) is 2.00. The molecule has 0 aliphatic carbocycles. The van der Waals surface area contributed by atoms with Crippen molar-refractivity contribution in [1.29, 1.82) is 5.26 Å². The Hall–Kier alpha value is -1.79. The van der Waals surface area contributed by atoms with E-state index in [9.17, 15) is 0 Å². The molecule has 3 nitrogen and oxygen atoms in total. The van der Waals surface area contributed by atoms with Gasteiger partial charge in [-0.3, -0.25) is 0 Å². The number of hydrogen-bond donors (Lipinski definition) is 1. The number of fused-ring (bicyclic) bond motifs is 1. The fraction of sp³-hybridized carbons (Fsp3) is 0.250. The van der Waals surface area contributed by atoms with Crippen LogP contribution in [0.3, 0.4) is 0 Å². The molecule has 0 spiro atoms. The average molecular weight is 199 g/mol. The first kappa shape index (κ1) is 9.75. The van der Waals surface area contributed by atoms with E-state index in [2.05, 4.69) is 12.3 Å².